The molecule has 0 atom stereocenters. The first-order valence-electron chi connectivity index (χ1n) is 5.36. The zero-order valence-corrected chi connectivity index (χ0v) is 10.2. The van der Waals surface area contributed by atoms with E-state index in [0.29, 0.717) is 0 Å². The van der Waals surface area contributed by atoms with E-state index >= 15 is 0 Å². The van der Waals surface area contributed by atoms with Crippen LogP contribution in [0.1, 0.15) is 13.8 Å². The van der Waals surface area contributed by atoms with Gasteiger partial charge in [0.1, 0.15) is 11.6 Å². The van der Waals surface area contributed by atoms with Crippen molar-refractivity contribution in [2.45, 2.75) is 26.9 Å². The zero-order chi connectivity index (χ0) is 14.2. The number of carbonyl (C=O) groups is 2. The second kappa shape index (κ2) is 4.59. The molecule has 0 aliphatic carbocycles. The normalized spacial score (nSPS) is 10.8. The summed E-state index contributed by atoms with van der Waals surface area (Å²) >= 11 is 0. The molecule has 19 heavy (non-hydrogen) atoms. The van der Waals surface area contributed by atoms with Gasteiger partial charge in [0.15, 0.2) is 0 Å². The van der Waals surface area contributed by atoms with Crippen LogP contribution in [0.2, 0.25) is 0 Å². The molecule has 0 aliphatic heterocycles. The molecule has 9 nitrogen and oxygen atoms in total. The Bertz CT molecular complexity index is 717. The van der Waals surface area contributed by atoms with Gasteiger partial charge in [0.25, 0.3) is 0 Å². The molecule has 9 heteroatoms. The lowest BCUT2D eigenvalue weighted by molar-refractivity contribution is -0.118. The molecule has 0 fully saturated rings. The summed E-state index contributed by atoms with van der Waals surface area (Å²) in [4.78, 5) is 46.0. The molecule has 0 radical (unpaired) electrons. The average molecular weight is 266 g/mol. The number of hydrogen-bond acceptors (Lipinski definition) is 7. The highest BCUT2D eigenvalue weighted by Gasteiger charge is 2.19. The summed E-state index contributed by atoms with van der Waals surface area (Å²) in [7, 11) is 0. The fourth-order valence-electron chi connectivity index (χ4n) is 1.68. The topological polar surface area (TPSA) is 117 Å². The van der Waals surface area contributed by atoms with Crippen LogP contribution in [0.25, 0.3) is 11.3 Å². The van der Waals surface area contributed by atoms with Crippen molar-refractivity contribution in [2.24, 2.45) is 0 Å². The van der Waals surface area contributed by atoms with Crippen molar-refractivity contribution in [3.8, 4) is 0 Å². The zero-order valence-electron chi connectivity index (χ0n) is 10.2. The predicted octanol–water partition coefficient (Wildman–Crippen LogP) is -1.28. The third-order valence-electron chi connectivity index (χ3n) is 2.40. The molecule has 0 bridgehead atoms. The van der Waals surface area contributed by atoms with E-state index in [2.05, 4.69) is 14.9 Å². The van der Waals surface area contributed by atoms with E-state index in [1.807, 2.05) is 0 Å². The smallest absolute Gasteiger partial charge is 0.298 e. The third-order valence-corrected chi connectivity index (χ3v) is 2.40. The predicted molar refractivity (Wildman–Crippen MR) is 61.7 cm³/mol. The van der Waals surface area contributed by atoms with Crippen LogP contribution in [-0.2, 0) is 22.7 Å². The van der Waals surface area contributed by atoms with Crippen LogP contribution in [0, 0.1) is 0 Å². The summed E-state index contributed by atoms with van der Waals surface area (Å²) in [6.45, 7) is 1.93. The van der Waals surface area contributed by atoms with E-state index in [1.54, 1.807) is 0 Å². The lowest BCUT2D eigenvalue weighted by atomic mass is 10.4. The second-order valence-electron chi connectivity index (χ2n) is 4.10. The Morgan fingerprint density at radius 1 is 0.947 bits per heavy atom. The lowest BCUT2D eigenvalue weighted by Gasteiger charge is -2.06. The van der Waals surface area contributed by atoms with Gasteiger partial charge in [-0.1, -0.05) is 0 Å². The van der Waals surface area contributed by atoms with Crippen LogP contribution in [0.5, 0.6) is 0 Å². The monoisotopic (exact) mass is 266 g/mol. The van der Waals surface area contributed by atoms with Crippen LogP contribution >= 0.6 is 0 Å². The quantitative estimate of drug-likeness (QED) is 0.633. The van der Waals surface area contributed by atoms with Crippen molar-refractivity contribution < 1.29 is 14.2 Å². The highest BCUT2D eigenvalue weighted by Crippen LogP contribution is 2.04. The van der Waals surface area contributed by atoms with E-state index in [-0.39, 0.29) is 36.0 Å². The van der Waals surface area contributed by atoms with Crippen LogP contribution in [0.4, 0.5) is 0 Å². The molecule has 0 unspecified atom stereocenters. The van der Waals surface area contributed by atoms with E-state index < -0.39 is 11.1 Å². The maximum atomic E-state index is 11.9. The molecule has 100 valence electrons. The summed E-state index contributed by atoms with van der Waals surface area (Å²) in [6, 6.07) is 0. The van der Waals surface area contributed by atoms with Gasteiger partial charge in [-0.15, -0.1) is 0 Å². The first-order valence-corrected chi connectivity index (χ1v) is 5.36. The largest absolute Gasteiger partial charge is 0.318 e. The second-order valence-corrected chi connectivity index (χ2v) is 4.10. The average Bonchev–Trinajstić information content (AvgIpc) is 2.78. The Labute approximate surface area is 105 Å². The minimum absolute atomic E-state index is 0.0407. The number of hydrogen-bond donors (Lipinski definition) is 0. The molecule has 0 aromatic carbocycles. The number of nitrogens with zero attached hydrogens (tertiary/aromatic N) is 4. The number of rotatable bonds is 4. The van der Waals surface area contributed by atoms with Gasteiger partial charge in [0.2, 0.25) is 11.3 Å². The molecule has 2 heterocycles. The van der Waals surface area contributed by atoms with E-state index in [1.165, 1.54) is 13.8 Å². The highest BCUT2D eigenvalue weighted by molar-refractivity contribution is 5.78. The molecule has 0 amide bonds. The van der Waals surface area contributed by atoms with E-state index in [4.69, 9.17) is 0 Å². The summed E-state index contributed by atoms with van der Waals surface area (Å²) in [5.74, 6) is -0.648. The van der Waals surface area contributed by atoms with Crippen LogP contribution in [0.3, 0.4) is 0 Å². The summed E-state index contributed by atoms with van der Waals surface area (Å²) in [5, 5.41) is 6.99. The van der Waals surface area contributed by atoms with Gasteiger partial charge >= 0.3 is 11.1 Å². The minimum atomic E-state index is -0.945. The molecule has 0 spiro atoms. The van der Waals surface area contributed by atoms with Crippen molar-refractivity contribution in [3.05, 3.63) is 20.7 Å². The molecule has 0 aliphatic rings. The molecule has 0 saturated carbocycles. The SMILES string of the molecule is CC(=O)Cn1c(=O)c(=O)n(CC(C)=O)c2nonc21. The first-order chi connectivity index (χ1) is 8.91. The lowest BCUT2D eigenvalue weighted by Crippen LogP contribution is -2.43. The number of aromatic nitrogens is 4. The maximum absolute atomic E-state index is 11.9. The Morgan fingerprint density at radius 3 is 1.63 bits per heavy atom. The summed E-state index contributed by atoms with van der Waals surface area (Å²) in [5.41, 5.74) is -1.97. The maximum Gasteiger partial charge on any atom is 0.318 e. The Balaban J connectivity index is 2.81. The number of carbonyl (C=O) groups excluding carboxylic acids is 2. The van der Waals surface area contributed by atoms with Crippen molar-refractivity contribution in [1.29, 1.82) is 0 Å². The summed E-state index contributed by atoms with van der Waals surface area (Å²) < 4.78 is 6.24. The van der Waals surface area contributed by atoms with E-state index in [9.17, 15) is 19.2 Å². The van der Waals surface area contributed by atoms with Gasteiger partial charge in [0, 0.05) is 0 Å². The Hall–Kier alpha value is -2.58. The first kappa shape index (κ1) is 12.9. The molecule has 2 aromatic rings. The van der Waals surface area contributed by atoms with Crippen molar-refractivity contribution in [2.75, 3.05) is 0 Å². The molecule has 2 aromatic heterocycles. The fraction of sp³-hybridized carbons (Fsp3) is 0.400. The minimum Gasteiger partial charge on any atom is -0.298 e. The number of fused-ring (bicyclic) bond motifs is 1. The number of Topliss-reactive ketones (excluding diaryl/α,β-unsaturated/α-hetero) is 2. The fourth-order valence-corrected chi connectivity index (χ4v) is 1.68. The van der Waals surface area contributed by atoms with Gasteiger partial charge in [-0.2, -0.15) is 0 Å². The number of ketones is 2. The molecular formula is C10H10N4O5. The van der Waals surface area contributed by atoms with Gasteiger partial charge in [-0.25, -0.2) is 4.63 Å². The van der Waals surface area contributed by atoms with Gasteiger partial charge < -0.3 is 0 Å². The van der Waals surface area contributed by atoms with Gasteiger partial charge in [-0.05, 0) is 24.2 Å². The summed E-state index contributed by atoms with van der Waals surface area (Å²) in [6.07, 6.45) is 0. The molecule has 0 saturated heterocycles. The van der Waals surface area contributed by atoms with Crippen molar-refractivity contribution >= 4 is 22.9 Å². The van der Waals surface area contributed by atoms with E-state index in [0.717, 1.165) is 9.13 Å². The van der Waals surface area contributed by atoms with Gasteiger partial charge in [0.05, 0.1) is 13.1 Å². The molecule has 2 rings (SSSR count). The van der Waals surface area contributed by atoms with Crippen molar-refractivity contribution in [3.63, 3.8) is 0 Å². The highest BCUT2D eigenvalue weighted by atomic mass is 16.6. The van der Waals surface area contributed by atoms with Gasteiger partial charge in [-0.3, -0.25) is 28.3 Å². The molecule has 0 N–H and O–H groups in total. The van der Waals surface area contributed by atoms with Crippen LogP contribution in [0.15, 0.2) is 14.2 Å². The molecular weight excluding hydrogens is 256 g/mol. The van der Waals surface area contributed by atoms with Crippen molar-refractivity contribution in [1.82, 2.24) is 19.4 Å². The Morgan fingerprint density at radius 2 is 1.32 bits per heavy atom. The van der Waals surface area contributed by atoms with Crippen LogP contribution < -0.4 is 11.1 Å². The standard InChI is InChI=1S/C10H10N4O5/c1-5(15)3-13-7-8(12-19-11-7)14(4-6(2)16)10(18)9(13)17/h3-4H2,1-2H3. The Kier molecular flexibility index (Phi) is 3.11. The third kappa shape index (κ3) is 2.21. The van der Waals surface area contributed by atoms with Crippen LogP contribution in [-0.4, -0.2) is 31.0 Å².